The number of benzene rings is 2. The van der Waals surface area contributed by atoms with Gasteiger partial charge in [-0.25, -0.2) is 0 Å². The van der Waals surface area contributed by atoms with Crippen molar-refractivity contribution in [2.24, 2.45) is 5.92 Å². The third kappa shape index (κ3) is 5.80. The first-order valence-corrected chi connectivity index (χ1v) is 11.5. The van der Waals surface area contributed by atoms with E-state index in [9.17, 15) is 10.1 Å². The quantitative estimate of drug-likeness (QED) is 0.512. The summed E-state index contributed by atoms with van der Waals surface area (Å²) in [5, 5.41) is 22.5. The summed E-state index contributed by atoms with van der Waals surface area (Å²) in [5.41, 5.74) is 3.11. The molecule has 1 N–H and O–H groups in total. The van der Waals surface area contributed by atoms with Crippen LogP contribution in [0.15, 0.2) is 47.0 Å². The smallest absolute Gasteiger partial charge is 0.303 e. The van der Waals surface area contributed by atoms with Gasteiger partial charge in [-0.1, -0.05) is 29.4 Å². The fourth-order valence-corrected chi connectivity index (χ4v) is 4.18. The van der Waals surface area contributed by atoms with Crippen LogP contribution in [0.4, 0.5) is 0 Å². The van der Waals surface area contributed by atoms with Crippen LogP contribution in [0.25, 0.3) is 22.8 Å². The minimum atomic E-state index is -0.707. The number of hydrogen-bond acceptors (Lipinski definition) is 7. The van der Waals surface area contributed by atoms with Crippen molar-refractivity contribution in [3.05, 3.63) is 53.6 Å². The molecule has 0 amide bonds. The molecule has 0 aliphatic carbocycles. The zero-order valence-electron chi connectivity index (χ0n) is 19.4. The zero-order valence-corrected chi connectivity index (χ0v) is 19.4. The summed E-state index contributed by atoms with van der Waals surface area (Å²) in [4.78, 5) is 17.8. The van der Waals surface area contributed by atoms with Crippen LogP contribution in [-0.2, 0) is 11.3 Å². The standard InChI is InChI=1S/C26H28N4O4/c1-17(2)33-23-8-7-21(14-22(23)15-27)26-28-25(29-34-26)20-5-3-19(4-6-20)16-30-11-9-18(10-12-30)13-24(31)32/h3-8,14,17-18H,9-13,16H2,1-2H3,(H,31,32). The van der Waals surface area contributed by atoms with E-state index in [4.69, 9.17) is 14.4 Å². The number of hydrogen-bond donors (Lipinski definition) is 1. The molecule has 1 fully saturated rings. The second kappa shape index (κ2) is 10.5. The molecule has 8 heteroatoms. The summed E-state index contributed by atoms with van der Waals surface area (Å²) < 4.78 is 11.1. The minimum Gasteiger partial charge on any atom is -0.490 e. The topological polar surface area (TPSA) is 112 Å². The van der Waals surface area contributed by atoms with Crippen molar-refractivity contribution < 1.29 is 19.2 Å². The van der Waals surface area contributed by atoms with Gasteiger partial charge in [0, 0.05) is 24.1 Å². The molecule has 0 bridgehead atoms. The molecular formula is C26H28N4O4. The molecular weight excluding hydrogens is 432 g/mol. The summed E-state index contributed by atoms with van der Waals surface area (Å²) >= 11 is 0. The van der Waals surface area contributed by atoms with Gasteiger partial charge in [0.1, 0.15) is 11.8 Å². The molecule has 8 nitrogen and oxygen atoms in total. The van der Waals surface area contributed by atoms with Crippen molar-refractivity contribution >= 4 is 5.97 Å². The molecule has 0 spiro atoms. The highest BCUT2D eigenvalue weighted by molar-refractivity contribution is 5.67. The Kier molecular flexibility index (Phi) is 7.24. The van der Waals surface area contributed by atoms with E-state index < -0.39 is 5.97 Å². The van der Waals surface area contributed by atoms with Crippen LogP contribution < -0.4 is 4.74 Å². The van der Waals surface area contributed by atoms with Crippen molar-refractivity contribution in [1.29, 1.82) is 5.26 Å². The summed E-state index contributed by atoms with van der Waals surface area (Å²) in [6, 6.07) is 15.5. The second-order valence-electron chi connectivity index (χ2n) is 8.93. The molecule has 1 aliphatic rings. The first-order chi connectivity index (χ1) is 16.4. The number of nitriles is 1. The van der Waals surface area contributed by atoms with Gasteiger partial charge in [-0.05, 0) is 69.5 Å². The number of aromatic nitrogens is 2. The van der Waals surface area contributed by atoms with Gasteiger partial charge in [0.15, 0.2) is 0 Å². The Bertz CT molecular complexity index is 1170. The number of nitrogens with zero attached hydrogens (tertiary/aromatic N) is 4. The molecule has 2 aromatic carbocycles. The van der Waals surface area contributed by atoms with E-state index in [2.05, 4.69) is 33.2 Å². The van der Waals surface area contributed by atoms with E-state index >= 15 is 0 Å². The lowest BCUT2D eigenvalue weighted by Gasteiger charge is -2.31. The third-order valence-corrected chi connectivity index (χ3v) is 5.92. The van der Waals surface area contributed by atoms with Crippen LogP contribution in [0.3, 0.4) is 0 Å². The zero-order chi connectivity index (χ0) is 24.1. The van der Waals surface area contributed by atoms with Gasteiger partial charge in [0.25, 0.3) is 5.89 Å². The highest BCUT2D eigenvalue weighted by atomic mass is 16.5. The van der Waals surface area contributed by atoms with Crippen LogP contribution in [0.1, 0.15) is 44.2 Å². The van der Waals surface area contributed by atoms with Crippen LogP contribution in [-0.4, -0.2) is 45.3 Å². The first-order valence-electron chi connectivity index (χ1n) is 11.5. The maximum Gasteiger partial charge on any atom is 0.303 e. The van der Waals surface area contributed by atoms with Crippen molar-refractivity contribution in [2.75, 3.05) is 13.1 Å². The Morgan fingerprint density at radius 1 is 1.21 bits per heavy atom. The molecule has 0 radical (unpaired) electrons. The van der Waals surface area contributed by atoms with Crippen LogP contribution in [0, 0.1) is 17.2 Å². The summed E-state index contributed by atoms with van der Waals surface area (Å²) in [7, 11) is 0. The number of carboxylic acid groups (broad SMARTS) is 1. The number of likely N-dealkylation sites (tertiary alicyclic amines) is 1. The maximum absolute atomic E-state index is 10.9. The third-order valence-electron chi connectivity index (χ3n) is 5.92. The second-order valence-corrected chi connectivity index (χ2v) is 8.93. The number of carboxylic acids is 1. The number of carbonyl (C=O) groups is 1. The van der Waals surface area contributed by atoms with Crippen molar-refractivity contribution in [2.45, 2.75) is 45.8 Å². The van der Waals surface area contributed by atoms with Crippen molar-refractivity contribution in [1.82, 2.24) is 15.0 Å². The van der Waals surface area contributed by atoms with Gasteiger partial charge in [0.05, 0.1) is 11.7 Å². The average Bonchev–Trinajstić information content (AvgIpc) is 3.31. The fourth-order valence-electron chi connectivity index (χ4n) is 4.18. The normalized spacial score (nSPS) is 14.8. The van der Waals surface area contributed by atoms with Crippen molar-refractivity contribution in [3.63, 3.8) is 0 Å². The Labute approximate surface area is 198 Å². The lowest BCUT2D eigenvalue weighted by atomic mass is 9.93. The SMILES string of the molecule is CC(C)Oc1ccc(-c2nc(-c3ccc(CN4CCC(CC(=O)O)CC4)cc3)no2)cc1C#N. The highest BCUT2D eigenvalue weighted by Gasteiger charge is 2.21. The van der Waals surface area contributed by atoms with Crippen molar-refractivity contribution in [3.8, 4) is 34.7 Å². The molecule has 1 saturated heterocycles. The average molecular weight is 461 g/mol. The summed E-state index contributed by atoms with van der Waals surface area (Å²) in [6.07, 6.45) is 2.09. The first kappa shape index (κ1) is 23.5. The predicted molar refractivity (Wildman–Crippen MR) is 126 cm³/mol. The van der Waals surface area contributed by atoms with E-state index in [1.54, 1.807) is 18.2 Å². The van der Waals surface area contributed by atoms with E-state index in [1.807, 2.05) is 26.0 Å². The van der Waals surface area contributed by atoms with E-state index in [0.29, 0.717) is 28.6 Å². The number of piperidine rings is 1. The Morgan fingerprint density at radius 3 is 2.56 bits per heavy atom. The van der Waals surface area contributed by atoms with Crippen LogP contribution in [0.2, 0.25) is 0 Å². The number of rotatable bonds is 8. The summed E-state index contributed by atoms with van der Waals surface area (Å²) in [6.45, 7) is 6.49. The molecule has 0 atom stereocenters. The van der Waals surface area contributed by atoms with Crippen LogP contribution in [0.5, 0.6) is 5.75 Å². The summed E-state index contributed by atoms with van der Waals surface area (Å²) in [5.74, 6) is 0.934. The van der Waals surface area contributed by atoms with Gasteiger partial charge in [-0.15, -0.1) is 0 Å². The Hall–Kier alpha value is -3.70. The highest BCUT2D eigenvalue weighted by Crippen LogP contribution is 2.28. The number of ether oxygens (including phenoxy) is 1. The molecule has 2 heterocycles. The maximum atomic E-state index is 10.9. The van der Waals surface area contributed by atoms with Gasteiger partial charge >= 0.3 is 5.97 Å². The lowest BCUT2D eigenvalue weighted by Crippen LogP contribution is -2.33. The van der Waals surface area contributed by atoms with Gasteiger partial charge in [0.2, 0.25) is 5.82 Å². The van der Waals surface area contributed by atoms with E-state index in [0.717, 1.165) is 38.0 Å². The number of aliphatic carboxylic acids is 1. The van der Waals surface area contributed by atoms with Gasteiger partial charge < -0.3 is 14.4 Å². The molecule has 176 valence electrons. The Morgan fingerprint density at radius 2 is 1.91 bits per heavy atom. The van der Waals surface area contributed by atoms with Gasteiger partial charge in [-0.3, -0.25) is 9.69 Å². The molecule has 4 rings (SSSR count). The molecule has 0 unspecified atom stereocenters. The predicted octanol–water partition coefficient (Wildman–Crippen LogP) is 4.75. The Balaban J connectivity index is 1.40. The largest absolute Gasteiger partial charge is 0.490 e. The molecule has 1 aliphatic heterocycles. The minimum absolute atomic E-state index is 0.0281. The monoisotopic (exact) mass is 460 g/mol. The van der Waals surface area contributed by atoms with Gasteiger partial charge in [-0.2, -0.15) is 10.2 Å². The molecule has 1 aromatic heterocycles. The van der Waals surface area contributed by atoms with E-state index in [-0.39, 0.29) is 18.4 Å². The molecule has 0 saturated carbocycles. The molecule has 3 aromatic rings. The van der Waals surface area contributed by atoms with E-state index in [1.165, 1.54) is 5.56 Å². The fraction of sp³-hybridized carbons (Fsp3) is 0.385. The van der Waals surface area contributed by atoms with Crippen LogP contribution >= 0.6 is 0 Å². The lowest BCUT2D eigenvalue weighted by molar-refractivity contribution is -0.138. The molecule has 34 heavy (non-hydrogen) atoms.